The molecular weight excluding hydrogens is 230 g/mol. The molecule has 0 atom stereocenters. The molecule has 0 bridgehead atoms. The normalized spacial score (nSPS) is 17.7. The zero-order valence-corrected chi connectivity index (χ0v) is 11.8. The van der Waals surface area contributed by atoms with Gasteiger partial charge in [-0.2, -0.15) is 5.26 Å². The van der Waals surface area contributed by atoms with Crippen molar-refractivity contribution in [1.82, 2.24) is 9.80 Å². The molecule has 5 heteroatoms. The number of piperazine rings is 1. The maximum atomic E-state index is 11.7. The van der Waals surface area contributed by atoms with Crippen LogP contribution in [0.1, 0.15) is 27.7 Å². The SMILES string of the molecule is CC(C)COC(=O)N1CCN(C(C)(C)C#N)CC1. The van der Waals surface area contributed by atoms with E-state index >= 15 is 0 Å². The summed E-state index contributed by atoms with van der Waals surface area (Å²) in [6.07, 6.45) is -0.238. The van der Waals surface area contributed by atoms with Crippen LogP contribution in [-0.2, 0) is 4.74 Å². The first-order chi connectivity index (χ1) is 8.36. The Morgan fingerprint density at radius 1 is 1.33 bits per heavy atom. The lowest BCUT2D eigenvalue weighted by Gasteiger charge is -2.40. The van der Waals surface area contributed by atoms with Crippen LogP contribution >= 0.6 is 0 Å². The van der Waals surface area contributed by atoms with E-state index in [9.17, 15) is 4.79 Å². The third-order valence-electron chi connectivity index (χ3n) is 3.14. The minimum Gasteiger partial charge on any atom is -0.449 e. The van der Waals surface area contributed by atoms with Crippen molar-refractivity contribution < 1.29 is 9.53 Å². The molecule has 1 aliphatic rings. The molecule has 1 heterocycles. The van der Waals surface area contributed by atoms with Crippen molar-refractivity contribution in [1.29, 1.82) is 5.26 Å². The molecule has 18 heavy (non-hydrogen) atoms. The Morgan fingerprint density at radius 2 is 1.89 bits per heavy atom. The number of rotatable bonds is 3. The Balaban J connectivity index is 2.40. The number of hydrogen-bond acceptors (Lipinski definition) is 4. The van der Waals surface area contributed by atoms with E-state index in [1.807, 2.05) is 27.7 Å². The van der Waals surface area contributed by atoms with Crippen molar-refractivity contribution in [2.24, 2.45) is 5.92 Å². The molecule has 1 fully saturated rings. The standard InChI is InChI=1S/C13H23N3O2/c1-11(2)9-18-12(17)15-5-7-16(8-6-15)13(3,4)10-14/h11H,5-9H2,1-4H3. The lowest BCUT2D eigenvalue weighted by Crippen LogP contribution is -2.55. The van der Waals surface area contributed by atoms with Crippen LogP contribution in [-0.4, -0.2) is 54.2 Å². The summed E-state index contributed by atoms with van der Waals surface area (Å²) in [5.41, 5.74) is -0.464. The highest BCUT2D eigenvalue weighted by atomic mass is 16.6. The van der Waals surface area contributed by atoms with Gasteiger partial charge in [0.05, 0.1) is 12.7 Å². The zero-order valence-electron chi connectivity index (χ0n) is 11.8. The summed E-state index contributed by atoms with van der Waals surface area (Å²) in [4.78, 5) is 15.6. The molecule has 1 saturated heterocycles. The Kier molecular flexibility index (Phi) is 4.97. The van der Waals surface area contributed by atoms with Gasteiger partial charge in [0.15, 0.2) is 0 Å². The van der Waals surface area contributed by atoms with Gasteiger partial charge in [-0.05, 0) is 19.8 Å². The van der Waals surface area contributed by atoms with Crippen LogP contribution in [0.2, 0.25) is 0 Å². The number of nitrogens with zero attached hydrogens (tertiary/aromatic N) is 3. The largest absolute Gasteiger partial charge is 0.449 e. The fourth-order valence-corrected chi connectivity index (χ4v) is 1.85. The van der Waals surface area contributed by atoms with Gasteiger partial charge in [-0.15, -0.1) is 0 Å². The minimum atomic E-state index is -0.464. The fourth-order valence-electron chi connectivity index (χ4n) is 1.85. The topological polar surface area (TPSA) is 56.6 Å². The molecule has 5 nitrogen and oxygen atoms in total. The second kappa shape index (κ2) is 6.05. The maximum Gasteiger partial charge on any atom is 0.409 e. The van der Waals surface area contributed by atoms with E-state index < -0.39 is 5.54 Å². The molecule has 1 amide bonds. The van der Waals surface area contributed by atoms with Gasteiger partial charge in [-0.25, -0.2) is 4.79 Å². The Hall–Kier alpha value is -1.28. The lowest BCUT2D eigenvalue weighted by molar-refractivity contribution is 0.0511. The smallest absolute Gasteiger partial charge is 0.409 e. The van der Waals surface area contributed by atoms with E-state index in [1.165, 1.54) is 0 Å². The fraction of sp³-hybridized carbons (Fsp3) is 0.846. The first-order valence-electron chi connectivity index (χ1n) is 6.45. The Bertz CT molecular complexity index is 326. The van der Waals surface area contributed by atoms with Gasteiger partial charge in [0, 0.05) is 26.2 Å². The monoisotopic (exact) mass is 253 g/mol. The molecule has 0 unspecified atom stereocenters. The van der Waals surface area contributed by atoms with Crippen LogP contribution in [0.3, 0.4) is 0 Å². The summed E-state index contributed by atoms with van der Waals surface area (Å²) in [6, 6.07) is 2.29. The molecule has 1 aliphatic heterocycles. The van der Waals surface area contributed by atoms with Gasteiger partial charge in [-0.1, -0.05) is 13.8 Å². The van der Waals surface area contributed by atoms with Crippen molar-refractivity contribution in [3.05, 3.63) is 0 Å². The van der Waals surface area contributed by atoms with E-state index in [1.54, 1.807) is 4.90 Å². The van der Waals surface area contributed by atoms with E-state index in [2.05, 4.69) is 11.0 Å². The van der Waals surface area contributed by atoms with Gasteiger partial charge in [0.2, 0.25) is 0 Å². The summed E-state index contributed by atoms with van der Waals surface area (Å²) < 4.78 is 5.19. The second-order valence-electron chi connectivity index (χ2n) is 5.62. The molecule has 1 rings (SSSR count). The van der Waals surface area contributed by atoms with Crippen molar-refractivity contribution in [3.8, 4) is 6.07 Å². The minimum absolute atomic E-state index is 0.238. The number of ether oxygens (including phenoxy) is 1. The number of nitriles is 1. The average Bonchev–Trinajstić information content (AvgIpc) is 2.36. The summed E-state index contributed by atoms with van der Waals surface area (Å²) in [7, 11) is 0. The number of amides is 1. The predicted molar refractivity (Wildman–Crippen MR) is 69.0 cm³/mol. The molecule has 0 aromatic carbocycles. The summed E-state index contributed by atoms with van der Waals surface area (Å²) in [5.74, 6) is 0.354. The molecule has 0 saturated carbocycles. The van der Waals surface area contributed by atoms with Gasteiger partial charge < -0.3 is 9.64 Å². The van der Waals surface area contributed by atoms with E-state index in [0.717, 1.165) is 13.1 Å². The number of carbonyl (C=O) groups excluding carboxylic acids is 1. The van der Waals surface area contributed by atoms with Crippen LogP contribution in [0.25, 0.3) is 0 Å². The van der Waals surface area contributed by atoms with Crippen LogP contribution in [0, 0.1) is 17.2 Å². The molecule has 0 aliphatic carbocycles. The molecule has 0 spiro atoms. The average molecular weight is 253 g/mol. The highest BCUT2D eigenvalue weighted by Gasteiger charge is 2.31. The van der Waals surface area contributed by atoms with Crippen molar-refractivity contribution in [2.75, 3.05) is 32.8 Å². The van der Waals surface area contributed by atoms with Crippen LogP contribution in [0.5, 0.6) is 0 Å². The first-order valence-corrected chi connectivity index (χ1v) is 6.45. The van der Waals surface area contributed by atoms with Gasteiger partial charge in [0.1, 0.15) is 5.54 Å². The molecule has 0 N–H and O–H groups in total. The second-order valence-corrected chi connectivity index (χ2v) is 5.62. The third kappa shape index (κ3) is 3.88. The molecule has 0 aromatic rings. The zero-order chi connectivity index (χ0) is 13.8. The predicted octanol–water partition coefficient (Wildman–Crippen LogP) is 1.70. The molecule has 0 aromatic heterocycles. The summed E-state index contributed by atoms with van der Waals surface area (Å²) in [6.45, 7) is 11.0. The molecule has 0 radical (unpaired) electrons. The van der Waals surface area contributed by atoms with Crippen molar-refractivity contribution in [2.45, 2.75) is 33.2 Å². The highest BCUT2D eigenvalue weighted by molar-refractivity contribution is 5.67. The first kappa shape index (κ1) is 14.8. The Morgan fingerprint density at radius 3 is 2.33 bits per heavy atom. The van der Waals surface area contributed by atoms with Gasteiger partial charge >= 0.3 is 6.09 Å². The molecule has 102 valence electrons. The van der Waals surface area contributed by atoms with Gasteiger partial charge in [-0.3, -0.25) is 4.90 Å². The highest BCUT2D eigenvalue weighted by Crippen LogP contribution is 2.16. The number of hydrogen-bond donors (Lipinski definition) is 0. The number of carbonyl (C=O) groups is 1. The van der Waals surface area contributed by atoms with E-state index in [-0.39, 0.29) is 6.09 Å². The quantitative estimate of drug-likeness (QED) is 0.768. The van der Waals surface area contributed by atoms with Gasteiger partial charge in [0.25, 0.3) is 0 Å². The van der Waals surface area contributed by atoms with Crippen LogP contribution in [0.15, 0.2) is 0 Å². The van der Waals surface area contributed by atoms with E-state index in [0.29, 0.717) is 25.6 Å². The Labute approximate surface area is 109 Å². The van der Waals surface area contributed by atoms with E-state index in [4.69, 9.17) is 10.00 Å². The third-order valence-corrected chi connectivity index (χ3v) is 3.14. The van der Waals surface area contributed by atoms with Crippen LogP contribution < -0.4 is 0 Å². The summed E-state index contributed by atoms with van der Waals surface area (Å²) in [5, 5.41) is 9.07. The van der Waals surface area contributed by atoms with Crippen molar-refractivity contribution in [3.63, 3.8) is 0 Å². The lowest BCUT2D eigenvalue weighted by atomic mass is 10.0. The maximum absolute atomic E-state index is 11.7. The molecular formula is C13H23N3O2. The van der Waals surface area contributed by atoms with Crippen LogP contribution in [0.4, 0.5) is 4.79 Å². The summed E-state index contributed by atoms with van der Waals surface area (Å²) >= 11 is 0. The van der Waals surface area contributed by atoms with Crippen molar-refractivity contribution >= 4 is 6.09 Å².